The van der Waals surface area contributed by atoms with Crippen molar-refractivity contribution >= 4 is 11.9 Å². The van der Waals surface area contributed by atoms with Gasteiger partial charge in [0.2, 0.25) is 0 Å². The van der Waals surface area contributed by atoms with Crippen molar-refractivity contribution in [3.05, 3.63) is 0 Å². The fraction of sp³-hybridized carbons (Fsp3) is 0.429. The van der Waals surface area contributed by atoms with Gasteiger partial charge in [0.05, 0.1) is 6.42 Å². The van der Waals surface area contributed by atoms with Crippen LogP contribution in [-0.2, 0) is 9.59 Å². The molecule has 1 atom stereocenters. The van der Waals surface area contributed by atoms with Crippen molar-refractivity contribution in [1.29, 1.82) is 0 Å². The monoisotopic (exact) mass is 155 g/mol. The molecule has 0 radical (unpaired) electrons. The number of carbonyl (C=O) groups excluding carboxylic acids is 1. The number of nitrogens with one attached hydrogen (secondary N) is 1. The highest BCUT2D eigenvalue weighted by Crippen LogP contribution is 1.88. The normalized spacial score (nSPS) is 11.3. The van der Waals surface area contributed by atoms with Crippen molar-refractivity contribution in [2.45, 2.75) is 19.4 Å². The Morgan fingerprint density at radius 3 is 2.64 bits per heavy atom. The molecule has 0 aliphatic carbocycles. The molecule has 0 saturated carbocycles. The Bertz CT molecular complexity index is 204. The quantitative estimate of drug-likeness (QED) is 0.545. The number of hydrogen-bond acceptors (Lipinski definition) is 2. The Kier molecular flexibility index (Phi) is 3.75. The summed E-state index contributed by atoms with van der Waals surface area (Å²) in [6, 6.07) is -0.420. The van der Waals surface area contributed by atoms with Crippen molar-refractivity contribution in [1.82, 2.24) is 5.32 Å². The van der Waals surface area contributed by atoms with Crippen molar-refractivity contribution in [3.63, 3.8) is 0 Å². The van der Waals surface area contributed by atoms with E-state index in [0.29, 0.717) is 0 Å². The lowest BCUT2D eigenvalue weighted by atomic mass is 10.2. The van der Waals surface area contributed by atoms with Crippen LogP contribution in [0, 0.1) is 12.3 Å². The summed E-state index contributed by atoms with van der Waals surface area (Å²) in [5.41, 5.74) is 0. The highest BCUT2D eigenvalue weighted by Gasteiger charge is 2.08. The largest absolute Gasteiger partial charge is 0.481 e. The summed E-state index contributed by atoms with van der Waals surface area (Å²) in [4.78, 5) is 20.5. The standard InChI is InChI=1S/C7H9NO3/c1-3-6(9)8-5(2)4-7(10)11/h1,5H,4H2,2H3,(H,8,9)(H,10,11). The molecule has 60 valence electrons. The summed E-state index contributed by atoms with van der Waals surface area (Å²) in [6.07, 6.45) is 4.62. The molecule has 4 heteroatoms. The first-order chi connectivity index (χ1) is 5.06. The summed E-state index contributed by atoms with van der Waals surface area (Å²) in [5.74, 6) is 0.279. The molecule has 1 unspecified atom stereocenters. The predicted octanol–water partition coefficient (Wildman–Crippen LogP) is -0.401. The lowest BCUT2D eigenvalue weighted by molar-refractivity contribution is -0.137. The first-order valence-electron chi connectivity index (χ1n) is 3.05. The Morgan fingerprint density at radius 1 is 1.73 bits per heavy atom. The molecule has 0 aromatic heterocycles. The van der Waals surface area contributed by atoms with Gasteiger partial charge in [-0.15, -0.1) is 6.42 Å². The molecule has 0 aromatic carbocycles. The topological polar surface area (TPSA) is 66.4 Å². The number of carbonyl (C=O) groups is 2. The Hall–Kier alpha value is -1.50. The van der Waals surface area contributed by atoms with Gasteiger partial charge in [-0.2, -0.15) is 0 Å². The van der Waals surface area contributed by atoms with Gasteiger partial charge < -0.3 is 10.4 Å². The molecule has 0 saturated heterocycles. The second kappa shape index (κ2) is 4.34. The van der Waals surface area contributed by atoms with Crippen LogP contribution in [0.5, 0.6) is 0 Å². The molecule has 0 rings (SSSR count). The van der Waals surface area contributed by atoms with Crippen LogP contribution in [0.3, 0.4) is 0 Å². The van der Waals surface area contributed by atoms with Crippen molar-refractivity contribution in [2.24, 2.45) is 0 Å². The molecule has 0 aliphatic rings. The zero-order valence-electron chi connectivity index (χ0n) is 6.13. The SMILES string of the molecule is C#CC(=O)NC(C)CC(=O)O. The van der Waals surface area contributed by atoms with Gasteiger partial charge >= 0.3 is 5.97 Å². The lowest BCUT2D eigenvalue weighted by Gasteiger charge is -2.07. The number of terminal acetylenes is 1. The minimum absolute atomic E-state index is 0.118. The number of aliphatic carboxylic acids is 1. The third-order valence-corrected chi connectivity index (χ3v) is 0.989. The smallest absolute Gasteiger partial charge is 0.305 e. The summed E-state index contributed by atoms with van der Waals surface area (Å²) < 4.78 is 0. The zero-order valence-corrected chi connectivity index (χ0v) is 6.13. The van der Waals surface area contributed by atoms with E-state index < -0.39 is 17.9 Å². The minimum atomic E-state index is -0.963. The Labute approximate surface area is 64.6 Å². The van der Waals surface area contributed by atoms with Gasteiger partial charge in [-0.3, -0.25) is 9.59 Å². The number of hydrogen-bond donors (Lipinski definition) is 2. The van der Waals surface area contributed by atoms with Gasteiger partial charge in [0.1, 0.15) is 0 Å². The maximum atomic E-state index is 10.5. The summed E-state index contributed by atoms with van der Waals surface area (Å²) >= 11 is 0. The molecule has 0 aromatic rings. The van der Waals surface area contributed by atoms with E-state index >= 15 is 0 Å². The van der Waals surface area contributed by atoms with E-state index in [1.54, 1.807) is 6.92 Å². The summed E-state index contributed by atoms with van der Waals surface area (Å²) in [7, 11) is 0. The van der Waals surface area contributed by atoms with E-state index in [-0.39, 0.29) is 6.42 Å². The van der Waals surface area contributed by atoms with Crippen LogP contribution in [0.4, 0.5) is 0 Å². The van der Waals surface area contributed by atoms with Gasteiger partial charge in [-0.1, -0.05) is 0 Å². The molecular formula is C7H9NO3. The third kappa shape index (κ3) is 4.97. The average Bonchev–Trinajstić information content (AvgIpc) is 1.85. The van der Waals surface area contributed by atoms with E-state index in [1.807, 2.05) is 5.92 Å². The van der Waals surface area contributed by atoms with Gasteiger partial charge in [-0.25, -0.2) is 0 Å². The first-order valence-corrected chi connectivity index (χ1v) is 3.05. The molecule has 1 amide bonds. The molecule has 0 spiro atoms. The lowest BCUT2D eigenvalue weighted by Crippen LogP contribution is -2.33. The minimum Gasteiger partial charge on any atom is -0.481 e. The van der Waals surface area contributed by atoms with E-state index in [4.69, 9.17) is 11.5 Å². The molecule has 0 heterocycles. The van der Waals surface area contributed by atoms with Gasteiger partial charge in [0.15, 0.2) is 0 Å². The van der Waals surface area contributed by atoms with Crippen LogP contribution in [-0.4, -0.2) is 23.0 Å². The predicted molar refractivity (Wildman–Crippen MR) is 38.7 cm³/mol. The fourth-order valence-corrected chi connectivity index (χ4v) is 0.578. The molecule has 2 N–H and O–H groups in total. The van der Waals surface area contributed by atoms with Crippen LogP contribution in [0.2, 0.25) is 0 Å². The Balaban J connectivity index is 3.71. The number of rotatable bonds is 3. The second-order valence-electron chi connectivity index (χ2n) is 2.12. The molecule has 0 fully saturated rings. The van der Waals surface area contributed by atoms with Crippen LogP contribution in [0.1, 0.15) is 13.3 Å². The highest BCUT2D eigenvalue weighted by molar-refractivity contribution is 5.93. The van der Waals surface area contributed by atoms with E-state index in [9.17, 15) is 9.59 Å². The van der Waals surface area contributed by atoms with Gasteiger partial charge in [-0.05, 0) is 12.8 Å². The van der Waals surface area contributed by atoms with Crippen molar-refractivity contribution in [2.75, 3.05) is 0 Å². The highest BCUT2D eigenvalue weighted by atomic mass is 16.4. The molecule has 0 aliphatic heterocycles. The maximum absolute atomic E-state index is 10.5. The molecular weight excluding hydrogens is 146 g/mol. The average molecular weight is 155 g/mol. The summed E-state index contributed by atoms with van der Waals surface area (Å²) in [5, 5.41) is 10.6. The third-order valence-electron chi connectivity index (χ3n) is 0.989. The van der Waals surface area contributed by atoms with E-state index in [2.05, 4.69) is 5.32 Å². The van der Waals surface area contributed by atoms with Gasteiger partial charge in [0.25, 0.3) is 5.91 Å². The molecule has 4 nitrogen and oxygen atoms in total. The van der Waals surface area contributed by atoms with Crippen molar-refractivity contribution < 1.29 is 14.7 Å². The van der Waals surface area contributed by atoms with Crippen LogP contribution >= 0.6 is 0 Å². The van der Waals surface area contributed by atoms with Crippen LogP contribution < -0.4 is 5.32 Å². The molecule has 0 bridgehead atoms. The summed E-state index contributed by atoms with van der Waals surface area (Å²) in [6.45, 7) is 1.57. The zero-order chi connectivity index (χ0) is 8.85. The number of carboxylic acids is 1. The fourth-order valence-electron chi connectivity index (χ4n) is 0.578. The molecule has 11 heavy (non-hydrogen) atoms. The van der Waals surface area contributed by atoms with Crippen molar-refractivity contribution in [3.8, 4) is 12.3 Å². The first kappa shape index (κ1) is 9.50. The number of amides is 1. The van der Waals surface area contributed by atoms with Gasteiger partial charge in [0, 0.05) is 6.04 Å². The second-order valence-corrected chi connectivity index (χ2v) is 2.12. The van der Waals surface area contributed by atoms with E-state index in [0.717, 1.165) is 0 Å². The van der Waals surface area contributed by atoms with Crippen LogP contribution in [0.15, 0.2) is 0 Å². The maximum Gasteiger partial charge on any atom is 0.305 e. The van der Waals surface area contributed by atoms with Crippen LogP contribution in [0.25, 0.3) is 0 Å². The van der Waals surface area contributed by atoms with E-state index in [1.165, 1.54) is 0 Å². The Morgan fingerprint density at radius 2 is 2.27 bits per heavy atom. The number of carboxylic acid groups (broad SMARTS) is 1.